The second-order valence-corrected chi connectivity index (χ2v) is 4.74. The Morgan fingerprint density at radius 3 is 2.82 bits per heavy atom. The number of aromatic nitrogens is 1. The van der Waals surface area contributed by atoms with Crippen molar-refractivity contribution in [1.82, 2.24) is 4.98 Å². The van der Waals surface area contributed by atoms with E-state index in [9.17, 15) is 4.39 Å². The topological polar surface area (TPSA) is 24.9 Å². The fourth-order valence-electron chi connectivity index (χ4n) is 1.53. The molecular formula is C13H12BrFN2. The molecule has 0 saturated heterocycles. The smallest absolute Gasteiger partial charge is 0.126 e. The van der Waals surface area contributed by atoms with Crippen LogP contribution in [0.1, 0.15) is 11.1 Å². The minimum absolute atomic E-state index is 0.169. The molecule has 1 heterocycles. The summed E-state index contributed by atoms with van der Waals surface area (Å²) in [6.07, 6.45) is 3.48. The molecule has 0 spiro atoms. The lowest BCUT2D eigenvalue weighted by molar-refractivity contribution is 0.617. The van der Waals surface area contributed by atoms with Crippen molar-refractivity contribution in [2.75, 3.05) is 5.32 Å². The van der Waals surface area contributed by atoms with Gasteiger partial charge in [0.05, 0.1) is 11.9 Å². The van der Waals surface area contributed by atoms with Crippen LogP contribution in [0.4, 0.5) is 10.1 Å². The highest BCUT2D eigenvalue weighted by atomic mass is 79.9. The number of nitrogens with one attached hydrogen (secondary N) is 1. The second-order valence-electron chi connectivity index (χ2n) is 3.83. The number of hydrogen-bond acceptors (Lipinski definition) is 2. The van der Waals surface area contributed by atoms with Crippen LogP contribution in [0.3, 0.4) is 0 Å². The van der Waals surface area contributed by atoms with E-state index < -0.39 is 0 Å². The zero-order valence-electron chi connectivity index (χ0n) is 9.37. The van der Waals surface area contributed by atoms with Crippen LogP contribution in [0.5, 0.6) is 0 Å². The first-order chi connectivity index (χ1) is 8.15. The molecule has 0 aliphatic carbocycles. The molecule has 1 N–H and O–H groups in total. The first-order valence-electron chi connectivity index (χ1n) is 5.24. The van der Waals surface area contributed by atoms with E-state index in [1.807, 2.05) is 12.1 Å². The highest BCUT2D eigenvalue weighted by Gasteiger charge is 1.99. The van der Waals surface area contributed by atoms with Gasteiger partial charge in [-0.1, -0.05) is 12.1 Å². The lowest BCUT2D eigenvalue weighted by Crippen LogP contribution is -2.00. The van der Waals surface area contributed by atoms with Crippen molar-refractivity contribution in [3.8, 4) is 0 Å². The number of anilines is 1. The van der Waals surface area contributed by atoms with E-state index in [-0.39, 0.29) is 5.82 Å². The van der Waals surface area contributed by atoms with Crippen LogP contribution < -0.4 is 5.32 Å². The highest BCUT2D eigenvalue weighted by Crippen LogP contribution is 2.15. The Kier molecular flexibility index (Phi) is 3.74. The summed E-state index contributed by atoms with van der Waals surface area (Å²) in [7, 11) is 0. The van der Waals surface area contributed by atoms with Gasteiger partial charge >= 0.3 is 0 Å². The molecule has 1 aromatic carbocycles. The van der Waals surface area contributed by atoms with Gasteiger partial charge in [-0.2, -0.15) is 0 Å². The number of benzene rings is 1. The van der Waals surface area contributed by atoms with Gasteiger partial charge in [-0.15, -0.1) is 0 Å². The zero-order valence-corrected chi connectivity index (χ0v) is 11.0. The molecule has 0 unspecified atom stereocenters. The van der Waals surface area contributed by atoms with Gasteiger partial charge in [0.25, 0.3) is 0 Å². The van der Waals surface area contributed by atoms with Crippen LogP contribution in [0.15, 0.2) is 41.1 Å². The monoisotopic (exact) mass is 294 g/mol. The van der Waals surface area contributed by atoms with Crippen LogP contribution in [0, 0.1) is 12.7 Å². The molecule has 1 aromatic heterocycles. The molecule has 0 radical (unpaired) electrons. The van der Waals surface area contributed by atoms with E-state index in [2.05, 4.69) is 26.2 Å². The summed E-state index contributed by atoms with van der Waals surface area (Å²) in [5.74, 6) is -0.169. The summed E-state index contributed by atoms with van der Waals surface area (Å²) in [6, 6.07) is 7.06. The third-order valence-electron chi connectivity index (χ3n) is 2.42. The summed E-state index contributed by atoms with van der Waals surface area (Å²) < 4.78 is 14.0. The van der Waals surface area contributed by atoms with E-state index in [1.54, 1.807) is 25.4 Å². The van der Waals surface area contributed by atoms with Crippen LogP contribution in [0.2, 0.25) is 0 Å². The third-order valence-corrected chi connectivity index (χ3v) is 2.86. The van der Waals surface area contributed by atoms with E-state index >= 15 is 0 Å². The highest BCUT2D eigenvalue weighted by molar-refractivity contribution is 9.10. The van der Waals surface area contributed by atoms with Gasteiger partial charge in [-0.25, -0.2) is 4.39 Å². The predicted octanol–water partition coefficient (Wildman–Crippen LogP) is 3.90. The van der Waals surface area contributed by atoms with E-state index in [1.165, 1.54) is 6.07 Å². The Hall–Kier alpha value is -1.42. The lowest BCUT2D eigenvalue weighted by atomic mass is 10.1. The van der Waals surface area contributed by atoms with Gasteiger partial charge in [0, 0.05) is 17.2 Å². The Balaban J connectivity index is 2.05. The first-order valence-corrected chi connectivity index (χ1v) is 6.04. The number of rotatable bonds is 3. The third kappa shape index (κ3) is 3.27. The van der Waals surface area contributed by atoms with Crippen molar-refractivity contribution in [2.24, 2.45) is 0 Å². The van der Waals surface area contributed by atoms with Crippen molar-refractivity contribution < 1.29 is 4.39 Å². The minimum atomic E-state index is -0.169. The van der Waals surface area contributed by atoms with Crippen molar-refractivity contribution in [1.29, 1.82) is 0 Å². The maximum Gasteiger partial charge on any atom is 0.126 e. The quantitative estimate of drug-likeness (QED) is 0.928. The SMILES string of the molecule is Cc1cc(CNc2cncc(Br)c2)ccc1F. The molecule has 0 atom stereocenters. The summed E-state index contributed by atoms with van der Waals surface area (Å²) in [5, 5.41) is 3.23. The summed E-state index contributed by atoms with van der Waals surface area (Å²) in [6.45, 7) is 2.42. The minimum Gasteiger partial charge on any atom is -0.380 e. The molecule has 2 aromatic rings. The molecule has 0 amide bonds. The number of nitrogens with zero attached hydrogens (tertiary/aromatic N) is 1. The number of halogens is 2. The van der Waals surface area contributed by atoms with Gasteiger partial charge < -0.3 is 5.32 Å². The Labute approximate surface area is 108 Å². The number of aryl methyl sites for hydroxylation is 1. The molecule has 0 bridgehead atoms. The van der Waals surface area contributed by atoms with Crippen LogP contribution in [-0.4, -0.2) is 4.98 Å². The second kappa shape index (κ2) is 5.27. The summed E-state index contributed by atoms with van der Waals surface area (Å²) >= 11 is 3.36. The molecule has 2 rings (SSSR count). The van der Waals surface area contributed by atoms with Gasteiger partial charge in [-0.3, -0.25) is 4.98 Å². The van der Waals surface area contributed by atoms with E-state index in [0.717, 1.165) is 15.7 Å². The van der Waals surface area contributed by atoms with Crippen LogP contribution >= 0.6 is 15.9 Å². The maximum atomic E-state index is 13.1. The molecule has 2 nitrogen and oxygen atoms in total. The van der Waals surface area contributed by atoms with Gasteiger partial charge in [0.1, 0.15) is 5.82 Å². The molecule has 0 aliphatic rings. The number of hydrogen-bond donors (Lipinski definition) is 1. The molecule has 17 heavy (non-hydrogen) atoms. The summed E-state index contributed by atoms with van der Waals surface area (Å²) in [5.41, 5.74) is 2.64. The molecule has 88 valence electrons. The summed E-state index contributed by atoms with van der Waals surface area (Å²) in [4.78, 5) is 4.06. The average molecular weight is 295 g/mol. The van der Waals surface area contributed by atoms with E-state index in [4.69, 9.17) is 0 Å². The molecule has 4 heteroatoms. The number of pyridine rings is 1. The van der Waals surface area contributed by atoms with Crippen LogP contribution in [0.25, 0.3) is 0 Å². The van der Waals surface area contributed by atoms with Gasteiger partial charge in [0.15, 0.2) is 0 Å². The first kappa shape index (κ1) is 12.0. The largest absolute Gasteiger partial charge is 0.380 e. The predicted molar refractivity (Wildman–Crippen MR) is 70.4 cm³/mol. The average Bonchev–Trinajstić information content (AvgIpc) is 2.31. The molecule has 0 aliphatic heterocycles. The van der Waals surface area contributed by atoms with Crippen molar-refractivity contribution >= 4 is 21.6 Å². The Bertz CT molecular complexity index is 529. The van der Waals surface area contributed by atoms with E-state index in [0.29, 0.717) is 12.1 Å². The zero-order chi connectivity index (χ0) is 12.3. The van der Waals surface area contributed by atoms with Crippen molar-refractivity contribution in [3.05, 3.63) is 58.1 Å². The van der Waals surface area contributed by atoms with Crippen molar-refractivity contribution in [2.45, 2.75) is 13.5 Å². The fraction of sp³-hybridized carbons (Fsp3) is 0.154. The van der Waals surface area contributed by atoms with Gasteiger partial charge in [0.2, 0.25) is 0 Å². The Morgan fingerprint density at radius 1 is 1.29 bits per heavy atom. The standard InChI is InChI=1S/C13H12BrFN2/c1-9-4-10(2-3-13(9)15)6-17-12-5-11(14)7-16-8-12/h2-5,7-8,17H,6H2,1H3. The maximum absolute atomic E-state index is 13.1. The molecule has 0 saturated carbocycles. The van der Waals surface area contributed by atoms with Gasteiger partial charge in [-0.05, 0) is 46.1 Å². The fourth-order valence-corrected chi connectivity index (χ4v) is 1.89. The van der Waals surface area contributed by atoms with Crippen molar-refractivity contribution in [3.63, 3.8) is 0 Å². The molecule has 0 fully saturated rings. The van der Waals surface area contributed by atoms with Crippen LogP contribution in [-0.2, 0) is 6.54 Å². The molecular weight excluding hydrogens is 283 g/mol. The normalized spacial score (nSPS) is 10.3. The lowest BCUT2D eigenvalue weighted by Gasteiger charge is -2.07. The Morgan fingerprint density at radius 2 is 2.12 bits per heavy atom.